The molecule has 6 nitrogen and oxygen atoms in total. The van der Waals surface area contributed by atoms with Crippen molar-refractivity contribution in [2.75, 3.05) is 0 Å². The minimum absolute atomic E-state index is 0. The molecule has 0 unspecified atom stereocenters. The van der Waals surface area contributed by atoms with Crippen LogP contribution in [-0.4, -0.2) is 78.2 Å². The van der Waals surface area contributed by atoms with Gasteiger partial charge in [0.25, 0.3) is 0 Å². The molecule has 0 saturated carbocycles. The van der Waals surface area contributed by atoms with Crippen molar-refractivity contribution in [2.24, 2.45) is 0 Å². The van der Waals surface area contributed by atoms with Crippen molar-refractivity contribution in [3.63, 3.8) is 0 Å². The van der Waals surface area contributed by atoms with E-state index in [1.165, 1.54) is 0 Å². The second-order valence-corrected chi connectivity index (χ2v) is 6.02. The van der Waals surface area contributed by atoms with E-state index in [9.17, 15) is 0 Å². The van der Waals surface area contributed by atoms with E-state index in [0.29, 0.717) is 0 Å². The van der Waals surface area contributed by atoms with Crippen LogP contribution in [0.15, 0.2) is 0 Å². The van der Waals surface area contributed by atoms with Gasteiger partial charge in [0.1, 0.15) is 0 Å². The average molecular weight is 367 g/mol. The fourth-order valence-electron chi connectivity index (χ4n) is 0. The summed E-state index contributed by atoms with van der Waals surface area (Å²) < 4.78 is 0. The van der Waals surface area contributed by atoms with Crippen LogP contribution >= 0.6 is 13.4 Å². The first-order valence-electron chi connectivity index (χ1n) is 1.57. The van der Waals surface area contributed by atoms with Gasteiger partial charge in [-0.15, -0.1) is 0 Å². The van der Waals surface area contributed by atoms with Gasteiger partial charge >= 0.3 is 62.3 Å². The van der Waals surface area contributed by atoms with Crippen molar-refractivity contribution in [3.05, 3.63) is 0 Å². The van der Waals surface area contributed by atoms with Crippen LogP contribution in [0.1, 0.15) is 0 Å². The molecule has 0 rings (SSSR count). The molecule has 68 valence electrons. The second-order valence-electron chi connectivity index (χ2n) is 1.03. The van der Waals surface area contributed by atoms with Gasteiger partial charge in [-0.25, -0.2) is 0 Å². The standard InChI is InChI=1S/Ba.2H3O3PS.2H/c;2*1-4(2,3)5;;/h;2*(H3,1,2,3,5);;. The summed E-state index contributed by atoms with van der Waals surface area (Å²) in [5, 5.41) is 0. The Bertz CT molecular complexity index is 131. The summed E-state index contributed by atoms with van der Waals surface area (Å²) in [5.74, 6) is 0. The van der Waals surface area contributed by atoms with E-state index in [1.807, 2.05) is 0 Å². The Labute approximate surface area is 113 Å². The first-order chi connectivity index (χ1) is 4.00. The maximum atomic E-state index is 7.56. The number of hydrogen-bond donors (Lipinski definition) is 6. The predicted molar refractivity (Wildman–Crippen MR) is 50.4 cm³/mol. The summed E-state index contributed by atoms with van der Waals surface area (Å²) in [7, 11) is 0. The van der Waals surface area contributed by atoms with E-state index in [-0.39, 0.29) is 48.9 Å². The van der Waals surface area contributed by atoms with Gasteiger partial charge in [-0.1, -0.05) is 0 Å². The predicted octanol–water partition coefficient (Wildman–Crippen LogP) is -2.54. The van der Waals surface area contributed by atoms with Crippen molar-refractivity contribution < 1.29 is 29.4 Å². The average Bonchev–Trinajstić information content (AvgIpc) is 1.12. The molecule has 0 atom stereocenters. The van der Waals surface area contributed by atoms with Crippen LogP contribution in [-0.2, 0) is 23.6 Å². The first kappa shape index (κ1) is 19.2. The Hall–Kier alpha value is 2.63. The first-order valence-corrected chi connectivity index (χ1v) is 6.89. The normalized spacial score (nSPS) is 10.7. The van der Waals surface area contributed by atoms with Crippen LogP contribution in [0.4, 0.5) is 0 Å². The Morgan fingerprint density at radius 1 is 0.636 bits per heavy atom. The van der Waals surface area contributed by atoms with Crippen LogP contribution in [0.25, 0.3) is 0 Å². The molecular formula is H8BaO6P2S2. The molecule has 0 aromatic rings. The van der Waals surface area contributed by atoms with Gasteiger partial charge in [0.15, 0.2) is 0 Å². The van der Waals surface area contributed by atoms with E-state index in [1.54, 1.807) is 0 Å². The van der Waals surface area contributed by atoms with E-state index in [2.05, 4.69) is 23.6 Å². The van der Waals surface area contributed by atoms with E-state index >= 15 is 0 Å². The zero-order chi connectivity index (χ0) is 9.00. The molecule has 0 aromatic carbocycles. The molecule has 6 N–H and O–H groups in total. The van der Waals surface area contributed by atoms with Crippen molar-refractivity contribution in [2.45, 2.75) is 0 Å². The van der Waals surface area contributed by atoms with Gasteiger partial charge in [0.05, 0.1) is 0 Å². The summed E-state index contributed by atoms with van der Waals surface area (Å²) in [6.07, 6.45) is 0. The molecule has 0 heterocycles. The molecule has 0 spiro atoms. The summed E-state index contributed by atoms with van der Waals surface area (Å²) in [6.45, 7) is -7.61. The molecule has 0 aromatic heterocycles. The van der Waals surface area contributed by atoms with Crippen LogP contribution in [0.3, 0.4) is 0 Å². The fourth-order valence-corrected chi connectivity index (χ4v) is 0. The summed E-state index contributed by atoms with van der Waals surface area (Å²) in [5.41, 5.74) is 0. The third-order valence-corrected chi connectivity index (χ3v) is 0. The third-order valence-electron chi connectivity index (χ3n) is 0. The Kier molecular flexibility index (Phi) is 14.0. The summed E-state index contributed by atoms with van der Waals surface area (Å²) >= 11 is 7.21. The second kappa shape index (κ2) is 7.98. The van der Waals surface area contributed by atoms with E-state index in [0.717, 1.165) is 0 Å². The van der Waals surface area contributed by atoms with E-state index < -0.39 is 13.4 Å². The van der Waals surface area contributed by atoms with Crippen LogP contribution in [0.2, 0.25) is 0 Å². The number of rotatable bonds is 0. The SMILES string of the molecule is OP(O)(O)=S.OP(O)(O)=S.[BaH2]. The molecule has 0 amide bonds. The zero-order valence-corrected chi connectivity index (χ0v) is 7.82. The fraction of sp³-hybridized carbons (Fsp3) is 0. The van der Waals surface area contributed by atoms with Gasteiger partial charge in [-0.05, 0) is 23.6 Å². The van der Waals surface area contributed by atoms with Gasteiger partial charge in [-0.2, -0.15) is 0 Å². The maximum absolute atomic E-state index is 7.56. The molecule has 11 heteroatoms. The van der Waals surface area contributed by atoms with Crippen molar-refractivity contribution in [3.8, 4) is 0 Å². The van der Waals surface area contributed by atoms with Crippen LogP contribution in [0.5, 0.6) is 0 Å². The Morgan fingerprint density at radius 3 is 0.636 bits per heavy atom. The molecule has 0 aliphatic rings. The van der Waals surface area contributed by atoms with E-state index in [4.69, 9.17) is 29.4 Å². The quantitative estimate of drug-likeness (QED) is 0.205. The van der Waals surface area contributed by atoms with Crippen molar-refractivity contribution >= 4 is 85.9 Å². The Balaban J connectivity index is -0.000000107. The van der Waals surface area contributed by atoms with Crippen molar-refractivity contribution in [1.29, 1.82) is 0 Å². The minimum atomic E-state index is -3.81. The molecule has 0 aliphatic heterocycles. The summed E-state index contributed by atoms with van der Waals surface area (Å²) in [6, 6.07) is 0. The van der Waals surface area contributed by atoms with Crippen LogP contribution < -0.4 is 0 Å². The van der Waals surface area contributed by atoms with Gasteiger partial charge in [0, 0.05) is 0 Å². The molecule has 0 bridgehead atoms. The summed E-state index contributed by atoms with van der Waals surface area (Å²) in [4.78, 5) is 45.3. The molecule has 0 aliphatic carbocycles. The Morgan fingerprint density at radius 2 is 0.636 bits per heavy atom. The molecular weight excluding hydrogens is 359 g/mol. The van der Waals surface area contributed by atoms with Gasteiger partial charge in [0.2, 0.25) is 0 Å². The monoisotopic (exact) mass is 368 g/mol. The molecule has 0 saturated heterocycles. The number of hydrogen-bond acceptors (Lipinski definition) is 2. The third kappa shape index (κ3) is 206. The van der Waals surface area contributed by atoms with Gasteiger partial charge < -0.3 is 29.4 Å². The molecule has 0 radical (unpaired) electrons. The van der Waals surface area contributed by atoms with Crippen LogP contribution in [0, 0.1) is 0 Å². The molecule has 11 heavy (non-hydrogen) atoms. The van der Waals surface area contributed by atoms with Crippen molar-refractivity contribution in [1.82, 2.24) is 0 Å². The molecule has 0 fully saturated rings. The zero-order valence-electron chi connectivity index (χ0n) is 4.39. The topological polar surface area (TPSA) is 121 Å². The van der Waals surface area contributed by atoms with Gasteiger partial charge in [-0.3, -0.25) is 0 Å².